The summed E-state index contributed by atoms with van der Waals surface area (Å²) in [6.07, 6.45) is 5.33. The highest BCUT2D eigenvalue weighted by Gasteiger charge is 2.39. The number of rotatable bonds is 5. The van der Waals surface area contributed by atoms with Gasteiger partial charge in [-0.3, -0.25) is 4.79 Å². The molecule has 4 aromatic rings. The van der Waals surface area contributed by atoms with Crippen molar-refractivity contribution in [2.45, 2.75) is 25.4 Å². The van der Waals surface area contributed by atoms with Gasteiger partial charge < -0.3 is 14.4 Å². The molecule has 1 amide bonds. The topological polar surface area (TPSA) is 42.7 Å². The molecule has 1 aliphatic heterocycles. The highest BCUT2D eigenvalue weighted by Crippen LogP contribution is 2.52. The van der Waals surface area contributed by atoms with Gasteiger partial charge in [-0.05, 0) is 65.4 Å². The summed E-state index contributed by atoms with van der Waals surface area (Å²) in [5, 5.41) is 0. The lowest BCUT2D eigenvalue weighted by molar-refractivity contribution is -0.688. The van der Waals surface area contributed by atoms with Crippen molar-refractivity contribution in [3.8, 4) is 22.6 Å². The van der Waals surface area contributed by atoms with Crippen LogP contribution in [0.5, 0.6) is 11.5 Å². The molecule has 6 heteroatoms. The number of halogens is 1. The van der Waals surface area contributed by atoms with E-state index < -0.39 is 0 Å². The lowest BCUT2D eigenvalue weighted by Gasteiger charge is -2.42. The van der Waals surface area contributed by atoms with Crippen LogP contribution in [0.4, 0.5) is 4.39 Å². The fourth-order valence-corrected chi connectivity index (χ4v) is 5.75. The number of hydrogen-bond acceptors (Lipinski definition) is 3. The Morgan fingerprint density at radius 2 is 1.76 bits per heavy atom. The van der Waals surface area contributed by atoms with Gasteiger partial charge in [-0.2, -0.15) is 0 Å². The van der Waals surface area contributed by atoms with Crippen LogP contribution in [0.15, 0.2) is 79.1 Å². The summed E-state index contributed by atoms with van der Waals surface area (Å²) in [7, 11) is 3.34. The first-order valence-corrected chi connectivity index (χ1v) is 12.5. The Bertz CT molecular complexity index is 1480. The third-order valence-electron chi connectivity index (χ3n) is 7.50. The Balaban J connectivity index is 1.34. The molecule has 2 aliphatic rings. The maximum absolute atomic E-state index is 13.8. The molecule has 186 valence electrons. The molecule has 3 aromatic carbocycles. The molecular weight excluding hydrogens is 467 g/mol. The molecule has 6 rings (SSSR count). The Hall–Kier alpha value is -4.19. The van der Waals surface area contributed by atoms with Crippen LogP contribution < -0.4 is 14.0 Å². The quantitative estimate of drug-likeness (QED) is 0.360. The van der Waals surface area contributed by atoms with Crippen LogP contribution in [-0.4, -0.2) is 31.6 Å². The molecule has 1 aliphatic carbocycles. The van der Waals surface area contributed by atoms with Crippen LogP contribution in [-0.2, 0) is 19.4 Å². The van der Waals surface area contributed by atoms with Crippen molar-refractivity contribution >= 4 is 5.91 Å². The minimum absolute atomic E-state index is 0.0182. The number of aromatic nitrogens is 1. The lowest BCUT2D eigenvalue weighted by atomic mass is 9.76. The summed E-state index contributed by atoms with van der Waals surface area (Å²) in [6, 6.07) is 20.5. The second-order valence-electron chi connectivity index (χ2n) is 9.57. The SMILES string of the molecule is COc1cc2c3c(c1OC)-c1ccccc1C[C@H]3N(C(=O)c1cc[n+](Cc3ccc(F)cc3)cc1)CC2. The van der Waals surface area contributed by atoms with Crippen molar-refractivity contribution in [2.24, 2.45) is 0 Å². The summed E-state index contributed by atoms with van der Waals surface area (Å²) in [6.45, 7) is 1.24. The molecule has 0 fully saturated rings. The molecule has 0 bridgehead atoms. The number of amides is 1. The zero-order chi connectivity index (χ0) is 25.5. The molecule has 0 N–H and O–H groups in total. The Morgan fingerprint density at radius 1 is 1.00 bits per heavy atom. The molecule has 0 radical (unpaired) electrons. The first-order valence-electron chi connectivity index (χ1n) is 12.5. The second-order valence-corrected chi connectivity index (χ2v) is 9.57. The highest BCUT2D eigenvalue weighted by molar-refractivity contribution is 5.95. The predicted molar refractivity (Wildman–Crippen MR) is 138 cm³/mol. The Morgan fingerprint density at radius 3 is 2.49 bits per heavy atom. The minimum Gasteiger partial charge on any atom is -0.493 e. The van der Waals surface area contributed by atoms with Gasteiger partial charge >= 0.3 is 0 Å². The molecule has 1 aromatic heterocycles. The summed E-state index contributed by atoms with van der Waals surface area (Å²) in [4.78, 5) is 15.8. The third-order valence-corrected chi connectivity index (χ3v) is 7.50. The standard InChI is InChI=1S/C31H28FN2O3/c1-36-27-18-23-13-16-34(26-17-22-5-3-4-6-25(22)29(28(23)26)30(27)37-2)31(35)21-11-14-33(15-12-21)19-20-7-9-24(32)10-8-20/h3-12,14-15,18,26H,13,16-17,19H2,1-2H3/q+1/t26-/m1/s1. The van der Waals surface area contributed by atoms with Crippen LogP contribution >= 0.6 is 0 Å². The van der Waals surface area contributed by atoms with Crippen molar-refractivity contribution in [1.29, 1.82) is 0 Å². The minimum atomic E-state index is -0.248. The molecule has 0 unspecified atom stereocenters. The number of hydrogen-bond donors (Lipinski definition) is 0. The fourth-order valence-electron chi connectivity index (χ4n) is 5.75. The molecule has 1 atom stereocenters. The molecule has 2 heterocycles. The van der Waals surface area contributed by atoms with Crippen LogP contribution in [0, 0.1) is 5.82 Å². The number of carbonyl (C=O) groups is 1. The van der Waals surface area contributed by atoms with Crippen molar-refractivity contribution in [2.75, 3.05) is 20.8 Å². The van der Waals surface area contributed by atoms with E-state index in [4.69, 9.17) is 9.47 Å². The lowest BCUT2D eigenvalue weighted by Crippen LogP contribution is -2.43. The van der Waals surface area contributed by atoms with Gasteiger partial charge in [0.1, 0.15) is 5.82 Å². The predicted octanol–water partition coefficient (Wildman–Crippen LogP) is 5.14. The molecule has 0 saturated heterocycles. The van der Waals surface area contributed by atoms with Crippen LogP contribution in [0.25, 0.3) is 11.1 Å². The maximum Gasteiger partial charge on any atom is 0.254 e. The van der Waals surface area contributed by atoms with Gasteiger partial charge in [-0.1, -0.05) is 24.3 Å². The van der Waals surface area contributed by atoms with Crippen molar-refractivity contribution in [3.63, 3.8) is 0 Å². The third kappa shape index (κ3) is 4.02. The van der Waals surface area contributed by atoms with Crippen LogP contribution in [0.2, 0.25) is 0 Å². The van der Waals surface area contributed by atoms with Gasteiger partial charge in [-0.25, -0.2) is 8.96 Å². The van der Waals surface area contributed by atoms with E-state index in [2.05, 4.69) is 18.2 Å². The first kappa shape index (κ1) is 23.2. The number of ether oxygens (including phenoxy) is 2. The number of pyridine rings is 1. The zero-order valence-electron chi connectivity index (χ0n) is 20.9. The van der Waals surface area contributed by atoms with Crippen molar-refractivity contribution in [3.05, 3.63) is 113 Å². The molecular formula is C31H28FN2O3+. The summed E-state index contributed by atoms with van der Waals surface area (Å²) in [5.74, 6) is 1.21. The Labute approximate surface area is 215 Å². The van der Waals surface area contributed by atoms with E-state index in [9.17, 15) is 9.18 Å². The van der Waals surface area contributed by atoms with Gasteiger partial charge in [0.15, 0.2) is 30.4 Å². The van der Waals surface area contributed by atoms with Crippen molar-refractivity contribution < 1.29 is 23.2 Å². The van der Waals surface area contributed by atoms with Gasteiger partial charge in [0, 0.05) is 29.8 Å². The van der Waals surface area contributed by atoms with Gasteiger partial charge in [0.05, 0.1) is 25.8 Å². The zero-order valence-corrected chi connectivity index (χ0v) is 20.9. The van der Waals surface area contributed by atoms with Crippen molar-refractivity contribution in [1.82, 2.24) is 4.90 Å². The van der Waals surface area contributed by atoms with Crippen LogP contribution in [0.1, 0.15) is 38.7 Å². The van der Waals surface area contributed by atoms with E-state index in [0.717, 1.165) is 35.3 Å². The van der Waals surface area contributed by atoms with E-state index in [1.807, 2.05) is 46.1 Å². The molecule has 0 saturated carbocycles. The van der Waals surface area contributed by atoms with E-state index in [1.165, 1.54) is 28.8 Å². The summed E-state index contributed by atoms with van der Waals surface area (Å²) < 4.78 is 26.8. The largest absolute Gasteiger partial charge is 0.493 e. The van der Waals surface area contributed by atoms with E-state index in [0.29, 0.717) is 24.4 Å². The number of carbonyl (C=O) groups excluding carboxylic acids is 1. The number of nitrogens with zero attached hydrogens (tertiary/aromatic N) is 2. The first-order chi connectivity index (χ1) is 18.1. The normalized spacial score (nSPS) is 15.5. The van der Waals surface area contributed by atoms with E-state index >= 15 is 0 Å². The van der Waals surface area contributed by atoms with Gasteiger partial charge in [0.2, 0.25) is 0 Å². The maximum atomic E-state index is 13.8. The van der Waals surface area contributed by atoms with Gasteiger partial charge in [0.25, 0.3) is 5.91 Å². The number of benzene rings is 3. The van der Waals surface area contributed by atoms with Gasteiger partial charge in [-0.15, -0.1) is 0 Å². The summed E-state index contributed by atoms with van der Waals surface area (Å²) >= 11 is 0. The summed E-state index contributed by atoms with van der Waals surface area (Å²) in [5.41, 5.74) is 7.39. The molecule has 5 nitrogen and oxygen atoms in total. The number of methoxy groups -OCH3 is 2. The monoisotopic (exact) mass is 495 g/mol. The molecule has 37 heavy (non-hydrogen) atoms. The van der Waals surface area contributed by atoms with Crippen LogP contribution in [0.3, 0.4) is 0 Å². The highest BCUT2D eigenvalue weighted by atomic mass is 19.1. The average molecular weight is 496 g/mol. The second kappa shape index (κ2) is 9.36. The van der Waals surface area contributed by atoms with E-state index in [1.54, 1.807) is 26.4 Å². The Kier molecular flexibility index (Phi) is 5.87. The number of fused-ring (bicyclic) bond motifs is 2. The molecule has 0 spiro atoms. The average Bonchev–Trinajstić information content (AvgIpc) is 2.94. The smallest absolute Gasteiger partial charge is 0.254 e. The fraction of sp³-hybridized carbons (Fsp3) is 0.226. The van der Waals surface area contributed by atoms with E-state index in [-0.39, 0.29) is 17.8 Å².